The summed E-state index contributed by atoms with van der Waals surface area (Å²) in [6, 6.07) is 12.2. The average molecular weight is 387 g/mol. The number of carbonyl (C=O) groups excluding carboxylic acids is 1. The van der Waals surface area contributed by atoms with Gasteiger partial charge in [-0.15, -0.1) is 0 Å². The zero-order valence-corrected chi connectivity index (χ0v) is 16.4. The van der Waals surface area contributed by atoms with E-state index in [0.717, 1.165) is 42.9 Å². The van der Waals surface area contributed by atoms with Crippen LogP contribution in [0, 0.1) is 5.92 Å². The Kier molecular flexibility index (Phi) is 6.10. The average Bonchev–Trinajstić information content (AvgIpc) is 3.24. The van der Waals surface area contributed by atoms with Gasteiger partial charge in [0.25, 0.3) is 0 Å². The van der Waals surface area contributed by atoms with Crippen LogP contribution in [0.15, 0.2) is 67.4 Å². The fourth-order valence-corrected chi connectivity index (χ4v) is 3.74. The van der Waals surface area contributed by atoms with E-state index >= 15 is 0 Å². The molecule has 3 aromatic rings. The van der Waals surface area contributed by atoms with Crippen molar-refractivity contribution in [2.75, 3.05) is 18.0 Å². The number of nitrogens with one attached hydrogen (secondary N) is 1. The quantitative estimate of drug-likeness (QED) is 0.675. The zero-order valence-electron chi connectivity index (χ0n) is 16.4. The molecule has 4 rings (SSSR count). The van der Waals surface area contributed by atoms with Crippen LogP contribution in [0.3, 0.4) is 0 Å². The molecular formula is C23H25N5O. The Morgan fingerprint density at radius 2 is 1.83 bits per heavy atom. The van der Waals surface area contributed by atoms with E-state index in [1.807, 2.05) is 18.3 Å². The summed E-state index contributed by atoms with van der Waals surface area (Å²) in [5, 5.41) is 2.95. The fraction of sp³-hybridized carbons (Fsp3) is 0.304. The van der Waals surface area contributed by atoms with Crippen LogP contribution < -0.4 is 10.2 Å². The van der Waals surface area contributed by atoms with Gasteiger partial charge in [-0.25, -0.2) is 4.98 Å². The Morgan fingerprint density at radius 1 is 1.00 bits per heavy atom. The molecule has 1 aromatic carbocycles. The molecule has 0 saturated carbocycles. The first kappa shape index (κ1) is 19.1. The number of nitrogens with zero attached hydrogens (tertiary/aromatic N) is 4. The number of hydrogen-bond acceptors (Lipinski definition) is 5. The largest absolute Gasteiger partial charge is 0.355 e. The lowest BCUT2D eigenvalue weighted by Crippen LogP contribution is -2.24. The first-order chi connectivity index (χ1) is 14.3. The number of amides is 1. The third-order valence-corrected chi connectivity index (χ3v) is 5.28. The van der Waals surface area contributed by atoms with Gasteiger partial charge >= 0.3 is 0 Å². The molecule has 6 nitrogen and oxygen atoms in total. The van der Waals surface area contributed by atoms with Crippen molar-refractivity contribution in [3.63, 3.8) is 0 Å². The number of hydrogen-bond donors (Lipinski definition) is 1. The highest BCUT2D eigenvalue weighted by Crippen LogP contribution is 2.24. The molecule has 1 aliphatic rings. The van der Waals surface area contributed by atoms with E-state index < -0.39 is 0 Å². The van der Waals surface area contributed by atoms with Crippen LogP contribution in [0.2, 0.25) is 0 Å². The first-order valence-electron chi connectivity index (χ1n) is 10.0. The van der Waals surface area contributed by atoms with Gasteiger partial charge in [-0.3, -0.25) is 14.8 Å². The predicted molar refractivity (Wildman–Crippen MR) is 112 cm³/mol. The van der Waals surface area contributed by atoms with Crippen molar-refractivity contribution in [2.45, 2.75) is 25.8 Å². The second-order valence-corrected chi connectivity index (χ2v) is 7.50. The lowest BCUT2D eigenvalue weighted by molar-refractivity contribution is -0.120. The summed E-state index contributed by atoms with van der Waals surface area (Å²) in [6.45, 7) is 2.55. The van der Waals surface area contributed by atoms with Crippen molar-refractivity contribution in [1.82, 2.24) is 20.3 Å². The summed E-state index contributed by atoms with van der Waals surface area (Å²) >= 11 is 0. The molecule has 0 aliphatic carbocycles. The zero-order chi connectivity index (χ0) is 19.9. The van der Waals surface area contributed by atoms with E-state index in [0.29, 0.717) is 18.9 Å². The highest BCUT2D eigenvalue weighted by molar-refractivity contribution is 5.78. The summed E-state index contributed by atoms with van der Waals surface area (Å²) in [5.74, 6) is 1.60. The highest BCUT2D eigenvalue weighted by atomic mass is 16.1. The minimum absolute atomic E-state index is 0.0250. The third-order valence-electron chi connectivity index (χ3n) is 5.28. The van der Waals surface area contributed by atoms with Crippen LogP contribution in [0.1, 0.15) is 23.1 Å². The van der Waals surface area contributed by atoms with Crippen molar-refractivity contribution in [3.8, 4) is 0 Å². The molecule has 0 spiro atoms. The molecule has 3 heterocycles. The summed E-state index contributed by atoms with van der Waals surface area (Å²) in [4.78, 5) is 27.1. The summed E-state index contributed by atoms with van der Waals surface area (Å²) in [6.07, 6.45) is 11.4. The molecule has 1 fully saturated rings. The Hall–Kier alpha value is -3.28. The topological polar surface area (TPSA) is 71.0 Å². The van der Waals surface area contributed by atoms with E-state index in [4.69, 9.17) is 0 Å². The van der Waals surface area contributed by atoms with Gasteiger partial charge in [-0.05, 0) is 41.5 Å². The molecule has 148 valence electrons. The second kappa shape index (κ2) is 9.28. The van der Waals surface area contributed by atoms with Gasteiger partial charge in [-0.1, -0.05) is 30.3 Å². The molecule has 0 radical (unpaired) electrons. The molecular weight excluding hydrogens is 362 g/mol. The Balaban J connectivity index is 1.24. The van der Waals surface area contributed by atoms with Gasteiger partial charge in [0, 0.05) is 44.4 Å². The molecule has 1 unspecified atom stereocenters. The minimum Gasteiger partial charge on any atom is -0.355 e. The maximum absolute atomic E-state index is 12.2. The number of rotatable bonds is 7. The van der Waals surface area contributed by atoms with Gasteiger partial charge < -0.3 is 10.2 Å². The van der Waals surface area contributed by atoms with Crippen molar-refractivity contribution in [2.24, 2.45) is 5.92 Å². The Bertz CT molecular complexity index is 915. The standard InChI is InChI=1S/C23H25N5O/c29-23(27-15-21-2-1-8-24-14-21)13-19-5-3-18(4-6-19)12-20-7-11-28(17-20)22-16-25-9-10-26-22/h1-6,8-10,14,16,20H,7,11-13,15,17H2,(H,27,29). The Morgan fingerprint density at radius 3 is 2.59 bits per heavy atom. The molecule has 1 aliphatic heterocycles. The van der Waals surface area contributed by atoms with Gasteiger partial charge in [0.15, 0.2) is 0 Å². The number of benzene rings is 1. The van der Waals surface area contributed by atoms with Gasteiger partial charge in [0.2, 0.25) is 5.91 Å². The molecule has 1 atom stereocenters. The van der Waals surface area contributed by atoms with Crippen LogP contribution in [0.5, 0.6) is 0 Å². The van der Waals surface area contributed by atoms with Crippen LogP contribution in [-0.2, 0) is 24.2 Å². The van der Waals surface area contributed by atoms with Gasteiger partial charge in [0.1, 0.15) is 5.82 Å². The molecule has 0 bridgehead atoms. The van der Waals surface area contributed by atoms with E-state index in [9.17, 15) is 4.79 Å². The number of anilines is 1. The van der Waals surface area contributed by atoms with E-state index in [2.05, 4.69) is 49.4 Å². The van der Waals surface area contributed by atoms with E-state index in [1.54, 1.807) is 24.8 Å². The maximum atomic E-state index is 12.2. The fourth-order valence-electron chi connectivity index (χ4n) is 3.74. The summed E-state index contributed by atoms with van der Waals surface area (Å²) < 4.78 is 0. The normalized spacial score (nSPS) is 16.0. The van der Waals surface area contributed by atoms with Gasteiger partial charge in [0.05, 0.1) is 12.6 Å². The summed E-state index contributed by atoms with van der Waals surface area (Å²) in [7, 11) is 0. The monoisotopic (exact) mass is 387 g/mol. The smallest absolute Gasteiger partial charge is 0.224 e. The Labute approximate surface area is 171 Å². The lowest BCUT2D eigenvalue weighted by atomic mass is 9.97. The van der Waals surface area contributed by atoms with Crippen LogP contribution >= 0.6 is 0 Å². The number of aromatic nitrogens is 3. The SMILES string of the molecule is O=C(Cc1ccc(CC2CCN(c3cnccn3)C2)cc1)NCc1cccnc1. The van der Waals surface area contributed by atoms with Crippen molar-refractivity contribution >= 4 is 11.7 Å². The minimum atomic E-state index is 0.0250. The first-order valence-corrected chi connectivity index (χ1v) is 10.0. The predicted octanol–water partition coefficient (Wildman–Crippen LogP) is 2.80. The number of pyridine rings is 1. The van der Waals surface area contributed by atoms with Crippen molar-refractivity contribution in [1.29, 1.82) is 0 Å². The van der Waals surface area contributed by atoms with Crippen molar-refractivity contribution in [3.05, 3.63) is 84.1 Å². The molecule has 6 heteroatoms. The lowest BCUT2D eigenvalue weighted by Gasteiger charge is -2.16. The van der Waals surface area contributed by atoms with E-state index in [1.165, 1.54) is 5.56 Å². The highest BCUT2D eigenvalue weighted by Gasteiger charge is 2.23. The van der Waals surface area contributed by atoms with Crippen molar-refractivity contribution < 1.29 is 4.79 Å². The van der Waals surface area contributed by atoms with E-state index in [-0.39, 0.29) is 5.91 Å². The molecule has 1 amide bonds. The number of carbonyl (C=O) groups is 1. The summed E-state index contributed by atoms with van der Waals surface area (Å²) in [5.41, 5.74) is 3.35. The van der Waals surface area contributed by atoms with Crippen LogP contribution in [0.25, 0.3) is 0 Å². The maximum Gasteiger partial charge on any atom is 0.224 e. The molecule has 1 N–H and O–H groups in total. The molecule has 1 saturated heterocycles. The molecule has 29 heavy (non-hydrogen) atoms. The van der Waals surface area contributed by atoms with Crippen LogP contribution in [0.4, 0.5) is 5.82 Å². The molecule has 2 aromatic heterocycles. The third kappa shape index (κ3) is 5.38. The van der Waals surface area contributed by atoms with Crippen LogP contribution in [-0.4, -0.2) is 33.9 Å². The second-order valence-electron chi connectivity index (χ2n) is 7.50. The van der Waals surface area contributed by atoms with Gasteiger partial charge in [-0.2, -0.15) is 0 Å².